The number of fused-ring (bicyclic) bond motifs is 1. The molecule has 3 aromatic rings. The number of nitrogens with zero attached hydrogens (tertiary/aromatic N) is 4. The number of aromatic nitrogens is 2. The van der Waals surface area contributed by atoms with Crippen LogP contribution >= 0.6 is 0 Å². The largest absolute Gasteiger partial charge is 0.339 e. The van der Waals surface area contributed by atoms with Gasteiger partial charge in [-0.15, -0.1) is 0 Å². The number of amides is 2. The van der Waals surface area contributed by atoms with Crippen LogP contribution < -0.4 is 10.2 Å². The third kappa shape index (κ3) is 4.16. The van der Waals surface area contributed by atoms with Gasteiger partial charge in [0.15, 0.2) is 0 Å². The number of anilines is 1. The normalized spacial score (nSPS) is 16.2. The van der Waals surface area contributed by atoms with Crippen LogP contribution in [0.3, 0.4) is 0 Å². The fourth-order valence-electron chi connectivity index (χ4n) is 3.85. The Kier molecular flexibility index (Phi) is 5.60. The fraction of sp³-hybridized carbons (Fsp3) is 0.348. The lowest BCUT2D eigenvalue weighted by molar-refractivity contribution is 0.200. The van der Waals surface area contributed by atoms with Crippen molar-refractivity contribution < 1.29 is 4.79 Å². The minimum atomic E-state index is 0.00711. The molecule has 2 amide bonds. The molecule has 2 aromatic carbocycles. The molecule has 1 saturated heterocycles. The molecule has 4 rings (SSSR count). The summed E-state index contributed by atoms with van der Waals surface area (Å²) in [5, 5.41) is 5.56. The Balaban J connectivity index is 1.48. The highest BCUT2D eigenvalue weighted by Crippen LogP contribution is 2.25. The number of rotatable bonds is 5. The van der Waals surface area contributed by atoms with Crippen LogP contribution in [0.4, 0.5) is 10.7 Å². The topological polar surface area (TPSA) is 61.4 Å². The average Bonchev–Trinajstić information content (AvgIpc) is 3.23. The third-order valence-electron chi connectivity index (χ3n) is 5.54. The van der Waals surface area contributed by atoms with Crippen LogP contribution in [-0.4, -0.2) is 53.1 Å². The Morgan fingerprint density at radius 1 is 1.14 bits per heavy atom. The van der Waals surface area contributed by atoms with Crippen LogP contribution in [0, 0.1) is 0 Å². The molecular weight excluding hydrogens is 362 g/mol. The molecule has 6 heteroatoms. The van der Waals surface area contributed by atoms with Gasteiger partial charge in [-0.25, -0.2) is 14.8 Å². The smallest absolute Gasteiger partial charge is 0.317 e. The highest BCUT2D eigenvalue weighted by Gasteiger charge is 2.26. The average molecular weight is 390 g/mol. The van der Waals surface area contributed by atoms with Crippen LogP contribution in [0.25, 0.3) is 22.0 Å². The zero-order chi connectivity index (χ0) is 20.2. The second-order valence-corrected chi connectivity index (χ2v) is 7.36. The van der Waals surface area contributed by atoms with E-state index in [4.69, 9.17) is 4.98 Å². The van der Waals surface area contributed by atoms with Gasteiger partial charge in [0.1, 0.15) is 0 Å². The molecule has 0 bridgehead atoms. The molecule has 6 nitrogen and oxygen atoms in total. The molecule has 150 valence electrons. The van der Waals surface area contributed by atoms with Gasteiger partial charge in [-0.3, -0.25) is 0 Å². The molecule has 1 aliphatic heterocycles. The first-order valence-electron chi connectivity index (χ1n) is 10.3. The summed E-state index contributed by atoms with van der Waals surface area (Å²) in [4.78, 5) is 25.6. The van der Waals surface area contributed by atoms with Crippen LogP contribution in [0.1, 0.15) is 20.3 Å². The number of carbonyl (C=O) groups is 1. The lowest BCUT2D eigenvalue weighted by Crippen LogP contribution is -2.45. The number of hydrogen-bond donors (Lipinski definition) is 1. The number of carbonyl (C=O) groups excluding carboxylic acids is 1. The maximum absolute atomic E-state index is 12.3. The van der Waals surface area contributed by atoms with E-state index in [0.717, 1.165) is 49.8 Å². The van der Waals surface area contributed by atoms with Crippen molar-refractivity contribution in [2.24, 2.45) is 0 Å². The molecule has 0 aliphatic carbocycles. The number of hydrogen-bond acceptors (Lipinski definition) is 4. The lowest BCUT2D eigenvalue weighted by atomic mass is 10.1. The van der Waals surface area contributed by atoms with E-state index < -0.39 is 0 Å². The predicted molar refractivity (Wildman–Crippen MR) is 117 cm³/mol. The summed E-state index contributed by atoms with van der Waals surface area (Å²) in [6, 6.07) is 16.8. The molecule has 1 aliphatic rings. The van der Waals surface area contributed by atoms with E-state index >= 15 is 0 Å². The van der Waals surface area contributed by atoms with Crippen molar-refractivity contribution in [3.8, 4) is 11.3 Å². The molecule has 29 heavy (non-hydrogen) atoms. The number of urea groups is 1. The summed E-state index contributed by atoms with van der Waals surface area (Å²) >= 11 is 0. The van der Waals surface area contributed by atoms with E-state index in [0.29, 0.717) is 0 Å². The lowest BCUT2D eigenvalue weighted by Gasteiger charge is -2.22. The summed E-state index contributed by atoms with van der Waals surface area (Å²) in [5.41, 5.74) is 1.99. The van der Waals surface area contributed by atoms with Crippen molar-refractivity contribution in [2.75, 3.05) is 31.1 Å². The molecule has 2 heterocycles. The summed E-state index contributed by atoms with van der Waals surface area (Å²) in [6.07, 6.45) is 2.71. The van der Waals surface area contributed by atoms with E-state index in [2.05, 4.69) is 45.5 Å². The van der Waals surface area contributed by atoms with Crippen molar-refractivity contribution in [1.29, 1.82) is 0 Å². The summed E-state index contributed by atoms with van der Waals surface area (Å²) in [5.74, 6) is 0.718. The minimum Gasteiger partial charge on any atom is -0.339 e. The van der Waals surface area contributed by atoms with E-state index in [1.54, 1.807) is 4.90 Å². The van der Waals surface area contributed by atoms with Gasteiger partial charge in [-0.2, -0.15) is 0 Å². The Morgan fingerprint density at radius 2 is 1.93 bits per heavy atom. The Bertz CT molecular complexity index is 1000. The van der Waals surface area contributed by atoms with Crippen molar-refractivity contribution >= 4 is 22.8 Å². The van der Waals surface area contributed by atoms with Gasteiger partial charge in [0.2, 0.25) is 5.95 Å². The molecule has 0 unspecified atom stereocenters. The standard InChI is InChI=1S/C23H27N5O/c1-3-27(4-2)23(29)25-20-12-14-28(16-20)22-24-13-11-21(26-22)19-10-9-17-7-5-6-8-18(17)15-19/h5-11,13,15,20H,3-4,12,14,16H2,1-2H3,(H,25,29)/t20-/m0/s1. The molecule has 0 saturated carbocycles. The number of benzene rings is 2. The van der Waals surface area contributed by atoms with Crippen molar-refractivity contribution in [3.63, 3.8) is 0 Å². The highest BCUT2D eigenvalue weighted by molar-refractivity contribution is 5.86. The molecule has 1 aromatic heterocycles. The molecule has 1 atom stereocenters. The van der Waals surface area contributed by atoms with E-state index in [1.807, 2.05) is 38.2 Å². The van der Waals surface area contributed by atoms with Crippen molar-refractivity contribution in [3.05, 3.63) is 54.7 Å². The molecule has 1 N–H and O–H groups in total. The summed E-state index contributed by atoms with van der Waals surface area (Å²) < 4.78 is 0. The third-order valence-corrected chi connectivity index (χ3v) is 5.54. The summed E-state index contributed by atoms with van der Waals surface area (Å²) in [6.45, 7) is 7.00. The van der Waals surface area contributed by atoms with Crippen molar-refractivity contribution in [1.82, 2.24) is 20.2 Å². The van der Waals surface area contributed by atoms with Crippen LogP contribution in [0.2, 0.25) is 0 Å². The van der Waals surface area contributed by atoms with Crippen LogP contribution in [0.5, 0.6) is 0 Å². The first kappa shape index (κ1) is 19.2. The molecule has 1 fully saturated rings. The predicted octanol–water partition coefficient (Wildman–Crippen LogP) is 3.93. The van der Waals surface area contributed by atoms with Gasteiger partial charge < -0.3 is 15.1 Å². The monoisotopic (exact) mass is 389 g/mol. The van der Waals surface area contributed by atoms with Gasteiger partial charge in [-0.05, 0) is 43.2 Å². The second kappa shape index (κ2) is 8.47. The van der Waals surface area contributed by atoms with Gasteiger partial charge in [0.25, 0.3) is 0 Å². The Hall–Kier alpha value is -3.15. The minimum absolute atomic E-state index is 0.00711. The SMILES string of the molecule is CCN(CC)C(=O)N[C@H]1CCN(c2nccc(-c3ccc4ccccc4c3)n2)C1. The number of nitrogens with one attached hydrogen (secondary N) is 1. The summed E-state index contributed by atoms with van der Waals surface area (Å²) in [7, 11) is 0. The van der Waals surface area contributed by atoms with Gasteiger partial charge >= 0.3 is 6.03 Å². The van der Waals surface area contributed by atoms with Crippen LogP contribution in [-0.2, 0) is 0 Å². The second-order valence-electron chi connectivity index (χ2n) is 7.36. The van der Waals surface area contributed by atoms with E-state index in [-0.39, 0.29) is 12.1 Å². The molecular formula is C23H27N5O. The maximum atomic E-state index is 12.3. The zero-order valence-corrected chi connectivity index (χ0v) is 17.0. The van der Waals surface area contributed by atoms with Gasteiger partial charge in [0, 0.05) is 44.0 Å². The molecule has 0 radical (unpaired) electrons. The highest BCUT2D eigenvalue weighted by atomic mass is 16.2. The first-order chi connectivity index (χ1) is 14.2. The van der Waals surface area contributed by atoms with E-state index in [9.17, 15) is 4.79 Å². The maximum Gasteiger partial charge on any atom is 0.317 e. The van der Waals surface area contributed by atoms with Gasteiger partial charge in [0.05, 0.1) is 5.69 Å². The Morgan fingerprint density at radius 3 is 2.72 bits per heavy atom. The molecule has 0 spiro atoms. The fourth-order valence-corrected chi connectivity index (χ4v) is 3.85. The Labute approximate surface area is 171 Å². The zero-order valence-electron chi connectivity index (χ0n) is 17.0. The first-order valence-corrected chi connectivity index (χ1v) is 10.3. The van der Waals surface area contributed by atoms with Crippen molar-refractivity contribution in [2.45, 2.75) is 26.3 Å². The van der Waals surface area contributed by atoms with Gasteiger partial charge in [-0.1, -0.05) is 36.4 Å². The quantitative estimate of drug-likeness (QED) is 0.718. The van der Waals surface area contributed by atoms with Crippen LogP contribution in [0.15, 0.2) is 54.7 Å². The van der Waals surface area contributed by atoms with E-state index in [1.165, 1.54) is 10.8 Å².